The Balaban J connectivity index is 1.79. The highest BCUT2D eigenvalue weighted by molar-refractivity contribution is 8.00. The van der Waals surface area contributed by atoms with Gasteiger partial charge in [0.05, 0.1) is 0 Å². The van der Waals surface area contributed by atoms with Crippen molar-refractivity contribution in [2.24, 2.45) is 0 Å². The van der Waals surface area contributed by atoms with Crippen molar-refractivity contribution >= 4 is 41.1 Å². The molecule has 0 saturated carbocycles. The molecule has 2 amide bonds. The Bertz CT molecular complexity index is 799. The van der Waals surface area contributed by atoms with Crippen molar-refractivity contribution in [3.05, 3.63) is 65.2 Å². The first-order valence-electron chi connectivity index (χ1n) is 8.15. The third kappa shape index (κ3) is 6.62. The van der Waals surface area contributed by atoms with Crippen molar-refractivity contribution in [2.45, 2.75) is 30.1 Å². The summed E-state index contributed by atoms with van der Waals surface area (Å²) in [5.74, 6) is -1.63. The number of esters is 1. The van der Waals surface area contributed by atoms with Gasteiger partial charge in [0.15, 0.2) is 6.10 Å². The molecule has 0 aromatic heterocycles. The van der Waals surface area contributed by atoms with Gasteiger partial charge in [0, 0.05) is 15.5 Å². The van der Waals surface area contributed by atoms with Crippen molar-refractivity contribution in [3.63, 3.8) is 0 Å². The molecular weight excluding hydrogens is 388 g/mol. The summed E-state index contributed by atoms with van der Waals surface area (Å²) in [5, 5.41) is 0.0951. The highest BCUT2D eigenvalue weighted by Crippen LogP contribution is 2.25. The molecule has 2 rings (SSSR count). The largest absolute Gasteiger partial charge is 0.452 e. The number of hydrazine groups is 1. The fourth-order valence-electron chi connectivity index (χ4n) is 1.97. The van der Waals surface area contributed by atoms with Crippen molar-refractivity contribution in [1.29, 1.82) is 0 Å². The molecule has 27 heavy (non-hydrogen) atoms. The second-order valence-electron chi connectivity index (χ2n) is 5.60. The van der Waals surface area contributed by atoms with Crippen LogP contribution in [0.3, 0.4) is 0 Å². The van der Waals surface area contributed by atoms with Gasteiger partial charge in [-0.25, -0.2) is 0 Å². The lowest BCUT2D eigenvalue weighted by Gasteiger charge is -2.16. The number of carbonyl (C=O) groups is 3. The van der Waals surface area contributed by atoms with Crippen molar-refractivity contribution < 1.29 is 19.1 Å². The molecule has 0 saturated heterocycles. The van der Waals surface area contributed by atoms with Gasteiger partial charge < -0.3 is 4.74 Å². The summed E-state index contributed by atoms with van der Waals surface area (Å²) in [6, 6.07) is 15.5. The van der Waals surface area contributed by atoms with Crippen LogP contribution >= 0.6 is 23.4 Å². The number of thioether (sulfide) groups is 1. The zero-order valence-corrected chi connectivity index (χ0v) is 16.3. The molecule has 0 unspecified atom stereocenters. The minimum atomic E-state index is -1.05. The summed E-state index contributed by atoms with van der Waals surface area (Å²) in [7, 11) is 0. The van der Waals surface area contributed by atoms with Crippen LogP contribution in [0.15, 0.2) is 59.5 Å². The first-order valence-corrected chi connectivity index (χ1v) is 9.40. The van der Waals surface area contributed by atoms with E-state index in [1.807, 2.05) is 0 Å². The molecule has 6 nitrogen and oxygen atoms in total. The van der Waals surface area contributed by atoms with Gasteiger partial charge in [0.2, 0.25) is 0 Å². The quantitative estimate of drug-likeness (QED) is 0.437. The van der Waals surface area contributed by atoms with Crippen molar-refractivity contribution in [3.8, 4) is 0 Å². The van der Waals surface area contributed by atoms with Crippen LogP contribution in [0.4, 0.5) is 0 Å². The van der Waals surface area contributed by atoms with Gasteiger partial charge in [-0.15, -0.1) is 11.8 Å². The third-order valence-electron chi connectivity index (χ3n) is 3.46. The Labute approximate surface area is 166 Å². The molecule has 8 heteroatoms. The molecule has 0 radical (unpaired) electrons. The van der Waals surface area contributed by atoms with E-state index in [0.717, 1.165) is 4.90 Å². The predicted molar refractivity (Wildman–Crippen MR) is 104 cm³/mol. The van der Waals surface area contributed by atoms with Crippen LogP contribution in [0.2, 0.25) is 5.02 Å². The summed E-state index contributed by atoms with van der Waals surface area (Å²) in [6.07, 6.45) is -1.05. The highest BCUT2D eigenvalue weighted by Gasteiger charge is 2.23. The van der Waals surface area contributed by atoms with Crippen LogP contribution in [0.25, 0.3) is 0 Å². The summed E-state index contributed by atoms with van der Waals surface area (Å²) in [4.78, 5) is 36.9. The van der Waals surface area contributed by atoms with Gasteiger partial charge in [0.1, 0.15) is 5.25 Å². The number of rotatable bonds is 6. The second-order valence-corrected chi connectivity index (χ2v) is 7.45. The van der Waals surface area contributed by atoms with E-state index in [-0.39, 0.29) is 0 Å². The lowest BCUT2D eigenvalue weighted by molar-refractivity contribution is -0.154. The van der Waals surface area contributed by atoms with E-state index >= 15 is 0 Å². The minimum absolute atomic E-state index is 0.399. The van der Waals surface area contributed by atoms with Gasteiger partial charge in [0.25, 0.3) is 11.8 Å². The maximum absolute atomic E-state index is 12.2. The van der Waals surface area contributed by atoms with Gasteiger partial charge in [-0.3, -0.25) is 25.2 Å². The smallest absolute Gasteiger partial charge is 0.319 e. The first-order chi connectivity index (χ1) is 12.9. The fourth-order valence-corrected chi connectivity index (χ4v) is 2.95. The summed E-state index contributed by atoms with van der Waals surface area (Å²) in [6.45, 7) is 3.12. The number of benzene rings is 2. The van der Waals surface area contributed by atoms with Crippen LogP contribution in [-0.2, 0) is 14.3 Å². The average Bonchev–Trinajstić information content (AvgIpc) is 2.68. The van der Waals surface area contributed by atoms with Crippen molar-refractivity contribution in [1.82, 2.24) is 10.9 Å². The SMILES string of the molecule is C[C@H](Sc1ccc(Cl)cc1)C(=O)O[C@H](C)C(=O)NNC(=O)c1ccccc1. The molecule has 0 aliphatic heterocycles. The molecule has 142 valence electrons. The molecular formula is C19H19ClN2O4S. The van der Waals surface area contributed by atoms with Crippen LogP contribution < -0.4 is 10.9 Å². The summed E-state index contributed by atoms with van der Waals surface area (Å²) in [5.41, 5.74) is 4.92. The minimum Gasteiger partial charge on any atom is -0.452 e. The molecule has 2 N–H and O–H groups in total. The Morgan fingerprint density at radius 3 is 2.22 bits per heavy atom. The van der Waals surface area contributed by atoms with Gasteiger partial charge >= 0.3 is 5.97 Å². The first kappa shape index (κ1) is 20.8. The predicted octanol–water partition coefficient (Wildman–Crippen LogP) is 3.21. The van der Waals surface area contributed by atoms with Crippen LogP contribution in [-0.4, -0.2) is 29.1 Å². The second kappa shape index (κ2) is 9.99. The molecule has 0 bridgehead atoms. The van der Waals surface area contributed by atoms with Gasteiger partial charge in [-0.1, -0.05) is 29.8 Å². The third-order valence-corrected chi connectivity index (χ3v) is 4.80. The van der Waals surface area contributed by atoms with E-state index in [0.29, 0.717) is 10.6 Å². The zero-order chi connectivity index (χ0) is 19.8. The summed E-state index contributed by atoms with van der Waals surface area (Å²) < 4.78 is 5.16. The number of ether oxygens (including phenoxy) is 1. The lowest BCUT2D eigenvalue weighted by Crippen LogP contribution is -2.47. The fraction of sp³-hybridized carbons (Fsp3) is 0.211. The Kier molecular flexibility index (Phi) is 7.69. The van der Waals surface area contributed by atoms with Crippen LogP contribution in [0, 0.1) is 0 Å². The highest BCUT2D eigenvalue weighted by atomic mass is 35.5. The van der Waals surface area contributed by atoms with E-state index in [1.165, 1.54) is 18.7 Å². The number of hydrogen-bond acceptors (Lipinski definition) is 5. The van der Waals surface area contributed by atoms with E-state index in [9.17, 15) is 14.4 Å². The topological polar surface area (TPSA) is 84.5 Å². The van der Waals surface area contributed by atoms with Crippen molar-refractivity contribution in [2.75, 3.05) is 0 Å². The van der Waals surface area contributed by atoms with E-state index in [1.54, 1.807) is 61.5 Å². The Morgan fingerprint density at radius 2 is 1.59 bits per heavy atom. The molecule has 0 spiro atoms. The maximum Gasteiger partial charge on any atom is 0.319 e. The normalized spacial score (nSPS) is 12.6. The number of halogens is 1. The molecule has 2 atom stereocenters. The van der Waals surface area contributed by atoms with Gasteiger partial charge in [-0.2, -0.15) is 0 Å². The molecule has 0 fully saturated rings. The maximum atomic E-state index is 12.2. The number of amides is 2. The van der Waals surface area contributed by atoms with E-state index < -0.39 is 29.1 Å². The van der Waals surface area contributed by atoms with Crippen LogP contribution in [0.1, 0.15) is 24.2 Å². The van der Waals surface area contributed by atoms with E-state index in [4.69, 9.17) is 16.3 Å². The lowest BCUT2D eigenvalue weighted by atomic mass is 10.2. The standard InChI is InChI=1S/C19H19ClN2O4S/c1-12(17(23)21-22-18(24)14-6-4-3-5-7-14)26-19(25)13(2)27-16-10-8-15(20)9-11-16/h3-13H,1-2H3,(H,21,23)(H,22,24)/t12-,13+/m1/s1. The zero-order valence-electron chi connectivity index (χ0n) is 14.8. The molecule has 0 aliphatic rings. The Morgan fingerprint density at radius 1 is 0.963 bits per heavy atom. The van der Waals surface area contributed by atoms with Crippen LogP contribution in [0.5, 0.6) is 0 Å². The molecule has 2 aromatic carbocycles. The van der Waals surface area contributed by atoms with Gasteiger partial charge in [-0.05, 0) is 50.2 Å². The monoisotopic (exact) mass is 406 g/mol. The Hall–Kier alpha value is -2.51. The molecule has 0 heterocycles. The average molecular weight is 407 g/mol. The van der Waals surface area contributed by atoms with E-state index in [2.05, 4.69) is 10.9 Å². The molecule has 0 aliphatic carbocycles. The number of carbonyl (C=O) groups excluding carboxylic acids is 3. The summed E-state index contributed by atoms with van der Waals surface area (Å²) >= 11 is 7.13. The molecule has 2 aromatic rings. The number of nitrogens with one attached hydrogen (secondary N) is 2. The number of hydrogen-bond donors (Lipinski definition) is 2.